The molecule has 25 heavy (non-hydrogen) atoms. The van der Waals surface area contributed by atoms with Crippen LogP contribution in [0.4, 0.5) is 4.79 Å². The van der Waals surface area contributed by atoms with E-state index < -0.39 is 23.7 Å². The van der Waals surface area contributed by atoms with E-state index in [9.17, 15) is 14.4 Å². The van der Waals surface area contributed by atoms with Crippen molar-refractivity contribution in [3.63, 3.8) is 0 Å². The molecule has 1 aliphatic heterocycles. The van der Waals surface area contributed by atoms with E-state index in [-0.39, 0.29) is 11.5 Å². The summed E-state index contributed by atoms with van der Waals surface area (Å²) < 4.78 is 15.1. The molecule has 0 bridgehead atoms. The number of benzene rings is 1. The van der Waals surface area contributed by atoms with E-state index in [0.717, 1.165) is 16.7 Å². The Bertz CT molecular complexity index is 780. The van der Waals surface area contributed by atoms with Crippen LogP contribution in [0.3, 0.4) is 0 Å². The number of carbonyl (C=O) groups excluding carboxylic acids is 3. The average molecular weight is 361 g/mol. The zero-order valence-electron chi connectivity index (χ0n) is 13.6. The Morgan fingerprint density at radius 1 is 1.32 bits per heavy atom. The highest BCUT2D eigenvalue weighted by molar-refractivity contribution is 8.18. The van der Waals surface area contributed by atoms with Crippen LogP contribution in [0.15, 0.2) is 23.1 Å². The lowest BCUT2D eigenvalue weighted by molar-refractivity contribution is -0.143. The lowest BCUT2D eigenvalue weighted by Gasteiger charge is -2.10. The Balaban J connectivity index is 2.23. The summed E-state index contributed by atoms with van der Waals surface area (Å²) >= 11 is 0.753. The van der Waals surface area contributed by atoms with E-state index in [2.05, 4.69) is 10.7 Å². The van der Waals surface area contributed by atoms with E-state index in [0.29, 0.717) is 17.1 Å². The van der Waals surface area contributed by atoms with E-state index in [1.54, 1.807) is 18.2 Å². The fourth-order valence-corrected chi connectivity index (χ4v) is 2.83. The minimum absolute atomic E-state index is 0.0993. The molecular formula is C17H15NO6S. The average Bonchev–Trinajstić information content (AvgIpc) is 2.87. The molecule has 0 atom stereocenters. The first-order valence-corrected chi connectivity index (χ1v) is 7.88. The summed E-state index contributed by atoms with van der Waals surface area (Å²) in [5.74, 6) is 2.05. The first kappa shape index (κ1) is 18.4. The zero-order chi connectivity index (χ0) is 18.4. The van der Waals surface area contributed by atoms with Crippen LogP contribution in [0.2, 0.25) is 0 Å². The predicted molar refractivity (Wildman–Crippen MR) is 92.0 cm³/mol. The van der Waals surface area contributed by atoms with Crippen molar-refractivity contribution in [3.05, 3.63) is 28.7 Å². The number of hydrogen-bond acceptors (Lipinski definition) is 7. The second-order valence-electron chi connectivity index (χ2n) is 4.75. The number of esters is 1. The van der Waals surface area contributed by atoms with Gasteiger partial charge in [0.05, 0.1) is 19.1 Å². The molecule has 1 heterocycles. The molecule has 7 nitrogen and oxygen atoms in total. The van der Waals surface area contributed by atoms with Crippen molar-refractivity contribution < 1.29 is 28.6 Å². The quantitative estimate of drug-likeness (QED) is 0.435. The fraction of sp³-hybridized carbons (Fsp3) is 0.235. The van der Waals surface area contributed by atoms with Crippen molar-refractivity contribution in [2.45, 2.75) is 0 Å². The minimum Gasteiger partial charge on any atom is -0.493 e. The van der Waals surface area contributed by atoms with Gasteiger partial charge in [-0.2, -0.15) is 0 Å². The SMILES string of the molecule is C#CCOc1ccc(/C=C2/SC(=O)N(CC(=O)OC)C2=O)cc1OC. The molecule has 0 unspecified atom stereocenters. The van der Waals surface area contributed by atoms with E-state index in [1.165, 1.54) is 20.3 Å². The van der Waals surface area contributed by atoms with Crippen molar-refractivity contribution in [1.29, 1.82) is 0 Å². The van der Waals surface area contributed by atoms with Gasteiger partial charge in [-0.05, 0) is 35.5 Å². The molecule has 0 spiro atoms. The highest BCUT2D eigenvalue weighted by Crippen LogP contribution is 2.34. The Morgan fingerprint density at radius 3 is 2.72 bits per heavy atom. The zero-order valence-corrected chi connectivity index (χ0v) is 14.4. The van der Waals surface area contributed by atoms with Gasteiger partial charge in [-0.15, -0.1) is 6.42 Å². The molecule has 130 valence electrons. The summed E-state index contributed by atoms with van der Waals surface area (Å²) in [5, 5.41) is -0.525. The summed E-state index contributed by atoms with van der Waals surface area (Å²) in [6.07, 6.45) is 6.69. The fourth-order valence-electron chi connectivity index (χ4n) is 1.99. The van der Waals surface area contributed by atoms with E-state index in [1.807, 2.05) is 0 Å². The van der Waals surface area contributed by atoms with E-state index in [4.69, 9.17) is 15.9 Å². The van der Waals surface area contributed by atoms with Gasteiger partial charge in [0.15, 0.2) is 11.5 Å². The third kappa shape index (κ3) is 4.33. The van der Waals surface area contributed by atoms with Crippen LogP contribution in [-0.2, 0) is 14.3 Å². The van der Waals surface area contributed by atoms with Crippen LogP contribution >= 0.6 is 11.8 Å². The Kier molecular flexibility index (Phi) is 6.08. The first-order valence-electron chi connectivity index (χ1n) is 7.06. The number of carbonyl (C=O) groups is 3. The number of nitrogens with zero attached hydrogens (tertiary/aromatic N) is 1. The molecule has 0 aliphatic carbocycles. The number of amides is 2. The Labute approximate surface area is 148 Å². The highest BCUT2D eigenvalue weighted by atomic mass is 32.2. The summed E-state index contributed by atoms with van der Waals surface area (Å²) in [6, 6.07) is 5.00. The van der Waals surface area contributed by atoms with Crippen molar-refractivity contribution in [3.8, 4) is 23.8 Å². The minimum atomic E-state index is -0.666. The van der Waals surface area contributed by atoms with Crippen LogP contribution in [0.5, 0.6) is 11.5 Å². The molecule has 1 fully saturated rings. The van der Waals surface area contributed by atoms with Crippen LogP contribution in [0.25, 0.3) is 6.08 Å². The van der Waals surface area contributed by atoms with Crippen LogP contribution in [0, 0.1) is 12.3 Å². The predicted octanol–water partition coefficient (Wildman–Crippen LogP) is 1.92. The lowest BCUT2D eigenvalue weighted by atomic mass is 10.2. The second-order valence-corrected chi connectivity index (χ2v) is 5.74. The second kappa shape index (κ2) is 8.26. The van der Waals surface area contributed by atoms with Gasteiger partial charge in [0.25, 0.3) is 11.1 Å². The molecule has 1 saturated heterocycles. The van der Waals surface area contributed by atoms with Gasteiger partial charge in [-0.25, -0.2) is 0 Å². The number of imide groups is 1. The van der Waals surface area contributed by atoms with Crippen molar-refractivity contribution in [2.24, 2.45) is 0 Å². The topological polar surface area (TPSA) is 82.1 Å². The Morgan fingerprint density at radius 2 is 2.08 bits per heavy atom. The molecule has 0 aromatic heterocycles. The molecule has 0 saturated carbocycles. The molecular weight excluding hydrogens is 346 g/mol. The summed E-state index contributed by atoms with van der Waals surface area (Å²) in [6.45, 7) is -0.317. The van der Waals surface area contributed by atoms with Crippen LogP contribution < -0.4 is 9.47 Å². The smallest absolute Gasteiger partial charge is 0.325 e. The maximum atomic E-state index is 12.3. The summed E-state index contributed by atoms with van der Waals surface area (Å²) in [7, 11) is 2.67. The Hall–Kier alpha value is -2.92. The van der Waals surface area contributed by atoms with Gasteiger partial charge in [0, 0.05) is 0 Å². The van der Waals surface area contributed by atoms with Crippen LogP contribution in [0.1, 0.15) is 5.56 Å². The van der Waals surface area contributed by atoms with Gasteiger partial charge < -0.3 is 14.2 Å². The molecule has 1 aromatic rings. The van der Waals surface area contributed by atoms with Crippen molar-refractivity contribution in [1.82, 2.24) is 4.90 Å². The molecule has 1 aromatic carbocycles. The van der Waals surface area contributed by atoms with Gasteiger partial charge in [0.1, 0.15) is 13.2 Å². The van der Waals surface area contributed by atoms with Crippen molar-refractivity contribution in [2.75, 3.05) is 27.4 Å². The molecule has 0 radical (unpaired) electrons. The number of ether oxygens (including phenoxy) is 3. The van der Waals surface area contributed by atoms with Crippen LogP contribution in [-0.4, -0.2) is 49.4 Å². The normalized spacial score (nSPS) is 15.2. The van der Waals surface area contributed by atoms with Gasteiger partial charge in [-0.3, -0.25) is 19.3 Å². The third-order valence-corrected chi connectivity index (χ3v) is 4.09. The van der Waals surface area contributed by atoms with Crippen molar-refractivity contribution >= 4 is 35.0 Å². The van der Waals surface area contributed by atoms with Gasteiger partial charge in [0.2, 0.25) is 0 Å². The number of rotatable bonds is 6. The maximum absolute atomic E-state index is 12.3. The number of thioether (sulfide) groups is 1. The monoisotopic (exact) mass is 361 g/mol. The van der Waals surface area contributed by atoms with Gasteiger partial charge in [-0.1, -0.05) is 12.0 Å². The standard InChI is InChI=1S/C17H15NO6S/c1-4-7-24-12-6-5-11(8-13(12)22-2)9-14-16(20)18(17(21)25-14)10-15(19)23-3/h1,5-6,8-9H,7,10H2,2-3H3/b14-9+. The molecule has 2 amide bonds. The number of terminal acetylenes is 1. The molecule has 0 N–H and O–H groups in total. The number of hydrogen-bond donors (Lipinski definition) is 0. The molecule has 1 aliphatic rings. The third-order valence-electron chi connectivity index (χ3n) is 3.18. The number of methoxy groups -OCH3 is 2. The summed E-state index contributed by atoms with van der Waals surface area (Å²) in [5.41, 5.74) is 0.633. The summed E-state index contributed by atoms with van der Waals surface area (Å²) in [4.78, 5) is 36.5. The van der Waals surface area contributed by atoms with Gasteiger partial charge >= 0.3 is 5.97 Å². The molecule has 8 heteroatoms. The largest absolute Gasteiger partial charge is 0.493 e. The first-order chi connectivity index (χ1) is 12.0. The highest BCUT2D eigenvalue weighted by Gasteiger charge is 2.36. The lowest BCUT2D eigenvalue weighted by Crippen LogP contribution is -2.34. The van der Waals surface area contributed by atoms with E-state index >= 15 is 0 Å². The molecule has 2 rings (SSSR count). The maximum Gasteiger partial charge on any atom is 0.325 e.